The van der Waals surface area contributed by atoms with Gasteiger partial charge in [0.2, 0.25) is 0 Å². The van der Waals surface area contributed by atoms with Crippen molar-refractivity contribution in [1.82, 2.24) is 15.0 Å². The summed E-state index contributed by atoms with van der Waals surface area (Å²) in [6, 6.07) is 2.47. The average molecular weight is 242 g/mol. The summed E-state index contributed by atoms with van der Waals surface area (Å²) in [4.78, 5) is 12.8. The summed E-state index contributed by atoms with van der Waals surface area (Å²) in [6.45, 7) is 0. The van der Waals surface area contributed by atoms with Crippen LogP contribution < -0.4 is 5.32 Å². The number of hydrogen-bond acceptors (Lipinski definition) is 4. The van der Waals surface area contributed by atoms with Gasteiger partial charge in [-0.1, -0.05) is 25.7 Å². The Morgan fingerprint density at radius 3 is 2.72 bits per heavy atom. The molecule has 1 fully saturated rings. The molecule has 18 heavy (non-hydrogen) atoms. The molecular weight excluding hydrogens is 224 g/mol. The number of pyridine rings is 1. The number of hydrogen-bond donors (Lipinski definition) is 1. The van der Waals surface area contributed by atoms with Crippen LogP contribution in [0.25, 0.3) is 10.9 Å². The third-order valence-electron chi connectivity index (χ3n) is 3.63. The first-order chi connectivity index (χ1) is 8.93. The van der Waals surface area contributed by atoms with E-state index in [9.17, 15) is 0 Å². The maximum absolute atomic E-state index is 4.37. The van der Waals surface area contributed by atoms with Gasteiger partial charge in [0.15, 0.2) is 0 Å². The van der Waals surface area contributed by atoms with Crippen molar-refractivity contribution < 1.29 is 0 Å². The summed E-state index contributed by atoms with van der Waals surface area (Å²) in [6.07, 6.45) is 13.1. The number of nitrogens with zero attached hydrogens (tertiary/aromatic N) is 3. The molecule has 4 nitrogen and oxygen atoms in total. The number of nitrogens with one attached hydrogen (secondary N) is 1. The predicted octanol–water partition coefficient (Wildman–Crippen LogP) is 3.16. The summed E-state index contributed by atoms with van der Waals surface area (Å²) in [5.74, 6) is 0.931. The molecular formula is C14H18N4. The van der Waals surface area contributed by atoms with Gasteiger partial charge in [-0.25, -0.2) is 9.97 Å². The van der Waals surface area contributed by atoms with Gasteiger partial charge >= 0.3 is 0 Å². The zero-order valence-corrected chi connectivity index (χ0v) is 10.5. The highest BCUT2D eigenvalue weighted by Crippen LogP contribution is 2.23. The lowest BCUT2D eigenvalue weighted by atomic mass is 10.1. The fourth-order valence-corrected chi connectivity index (χ4v) is 2.63. The lowest BCUT2D eigenvalue weighted by molar-refractivity contribution is 0.618. The lowest BCUT2D eigenvalue weighted by Crippen LogP contribution is -2.19. The predicted molar refractivity (Wildman–Crippen MR) is 72.4 cm³/mol. The molecule has 0 spiro atoms. The van der Waals surface area contributed by atoms with Crippen LogP contribution in [-0.2, 0) is 0 Å². The van der Waals surface area contributed by atoms with Crippen LogP contribution in [0.15, 0.2) is 24.8 Å². The van der Waals surface area contributed by atoms with Gasteiger partial charge in [0.25, 0.3) is 0 Å². The van der Waals surface area contributed by atoms with Crippen LogP contribution in [0.2, 0.25) is 0 Å². The molecule has 1 saturated carbocycles. The van der Waals surface area contributed by atoms with Crippen LogP contribution in [0.3, 0.4) is 0 Å². The Labute approximate surface area is 107 Å². The smallest absolute Gasteiger partial charge is 0.139 e. The molecule has 0 aromatic carbocycles. The van der Waals surface area contributed by atoms with Crippen LogP contribution in [0, 0.1) is 0 Å². The maximum atomic E-state index is 4.37. The molecule has 2 aromatic rings. The van der Waals surface area contributed by atoms with Crippen molar-refractivity contribution in [1.29, 1.82) is 0 Å². The molecule has 0 unspecified atom stereocenters. The molecule has 0 radical (unpaired) electrons. The van der Waals surface area contributed by atoms with Crippen molar-refractivity contribution in [3.8, 4) is 0 Å². The molecule has 4 heteroatoms. The second-order valence-electron chi connectivity index (χ2n) is 4.95. The summed E-state index contributed by atoms with van der Waals surface area (Å²) in [5, 5.41) is 4.59. The third kappa shape index (κ3) is 2.42. The van der Waals surface area contributed by atoms with Crippen LogP contribution in [0.1, 0.15) is 38.5 Å². The third-order valence-corrected chi connectivity index (χ3v) is 3.63. The molecule has 0 bridgehead atoms. The van der Waals surface area contributed by atoms with Crippen molar-refractivity contribution in [3.05, 3.63) is 24.8 Å². The molecule has 1 N–H and O–H groups in total. The van der Waals surface area contributed by atoms with Crippen molar-refractivity contribution in [2.75, 3.05) is 5.32 Å². The monoisotopic (exact) mass is 242 g/mol. The van der Waals surface area contributed by atoms with E-state index in [2.05, 4.69) is 20.3 Å². The van der Waals surface area contributed by atoms with Crippen molar-refractivity contribution in [2.45, 2.75) is 44.6 Å². The minimum atomic E-state index is 0.547. The Morgan fingerprint density at radius 2 is 1.89 bits per heavy atom. The highest BCUT2D eigenvalue weighted by atomic mass is 15.0. The summed E-state index contributed by atoms with van der Waals surface area (Å²) in [7, 11) is 0. The Bertz CT molecular complexity index is 513. The van der Waals surface area contributed by atoms with E-state index in [1.54, 1.807) is 12.5 Å². The topological polar surface area (TPSA) is 50.7 Å². The molecule has 0 amide bonds. The SMILES string of the molecule is c1cc2ncnc(NC3CCCCCC3)c2cn1. The van der Waals surface area contributed by atoms with E-state index < -0.39 is 0 Å². The van der Waals surface area contributed by atoms with Crippen LogP contribution in [0.4, 0.5) is 5.82 Å². The van der Waals surface area contributed by atoms with Crippen LogP contribution >= 0.6 is 0 Å². The number of rotatable bonds is 2. The van der Waals surface area contributed by atoms with Gasteiger partial charge in [-0.3, -0.25) is 4.98 Å². The molecule has 1 aliphatic carbocycles. The number of fused-ring (bicyclic) bond motifs is 1. The fraction of sp³-hybridized carbons (Fsp3) is 0.500. The molecule has 2 heterocycles. The maximum Gasteiger partial charge on any atom is 0.139 e. The van der Waals surface area contributed by atoms with Gasteiger partial charge in [0, 0.05) is 18.4 Å². The molecule has 2 aromatic heterocycles. The molecule has 3 rings (SSSR count). The first kappa shape index (κ1) is 11.4. The fourth-order valence-electron chi connectivity index (χ4n) is 2.63. The second-order valence-corrected chi connectivity index (χ2v) is 4.95. The zero-order chi connectivity index (χ0) is 12.2. The van der Waals surface area contributed by atoms with E-state index in [-0.39, 0.29) is 0 Å². The Morgan fingerprint density at radius 1 is 1.06 bits per heavy atom. The summed E-state index contributed by atoms with van der Waals surface area (Å²) in [5.41, 5.74) is 0.955. The normalized spacial score (nSPS) is 17.6. The van der Waals surface area contributed by atoms with Gasteiger partial charge in [-0.15, -0.1) is 0 Å². The first-order valence-electron chi connectivity index (χ1n) is 6.75. The van der Waals surface area contributed by atoms with Crippen molar-refractivity contribution in [3.63, 3.8) is 0 Å². The highest BCUT2D eigenvalue weighted by Gasteiger charge is 2.13. The van der Waals surface area contributed by atoms with E-state index in [4.69, 9.17) is 0 Å². The standard InChI is InChI=1S/C14H18N4/c1-2-4-6-11(5-3-1)18-14-12-9-15-8-7-13(12)16-10-17-14/h7-11H,1-6H2,(H,16,17,18). The zero-order valence-electron chi connectivity index (χ0n) is 10.5. The van der Waals surface area contributed by atoms with E-state index >= 15 is 0 Å². The molecule has 94 valence electrons. The van der Waals surface area contributed by atoms with Crippen LogP contribution in [-0.4, -0.2) is 21.0 Å². The summed E-state index contributed by atoms with van der Waals surface area (Å²) >= 11 is 0. The Balaban J connectivity index is 1.85. The summed E-state index contributed by atoms with van der Waals surface area (Å²) < 4.78 is 0. The van der Waals surface area contributed by atoms with E-state index in [1.165, 1.54) is 38.5 Å². The van der Waals surface area contributed by atoms with Crippen LogP contribution in [0.5, 0.6) is 0 Å². The van der Waals surface area contributed by atoms with Crippen molar-refractivity contribution in [2.24, 2.45) is 0 Å². The second kappa shape index (κ2) is 5.29. The van der Waals surface area contributed by atoms with Gasteiger partial charge in [0.05, 0.1) is 10.9 Å². The van der Waals surface area contributed by atoms with Gasteiger partial charge < -0.3 is 5.32 Å². The Kier molecular flexibility index (Phi) is 3.35. The average Bonchev–Trinajstić information content (AvgIpc) is 2.68. The number of aromatic nitrogens is 3. The molecule has 0 saturated heterocycles. The van der Waals surface area contributed by atoms with E-state index in [1.807, 2.05) is 12.3 Å². The molecule has 0 aliphatic heterocycles. The minimum absolute atomic E-state index is 0.547. The van der Waals surface area contributed by atoms with Crippen molar-refractivity contribution >= 4 is 16.7 Å². The molecule has 1 aliphatic rings. The van der Waals surface area contributed by atoms with E-state index in [0.717, 1.165) is 16.7 Å². The van der Waals surface area contributed by atoms with Gasteiger partial charge in [-0.05, 0) is 18.9 Å². The number of anilines is 1. The Hall–Kier alpha value is -1.71. The first-order valence-corrected chi connectivity index (χ1v) is 6.75. The highest BCUT2D eigenvalue weighted by molar-refractivity contribution is 5.87. The quantitative estimate of drug-likeness (QED) is 0.822. The van der Waals surface area contributed by atoms with Gasteiger partial charge in [-0.2, -0.15) is 0 Å². The van der Waals surface area contributed by atoms with Gasteiger partial charge in [0.1, 0.15) is 12.1 Å². The molecule has 0 atom stereocenters. The lowest BCUT2D eigenvalue weighted by Gasteiger charge is -2.17. The minimum Gasteiger partial charge on any atom is -0.367 e. The largest absolute Gasteiger partial charge is 0.367 e. The van der Waals surface area contributed by atoms with E-state index in [0.29, 0.717) is 6.04 Å².